The third-order valence-corrected chi connectivity index (χ3v) is 14.4. The number of allylic oxidation sites excluding steroid dienone is 3. The number of aromatic carboxylic acids is 1. The summed E-state index contributed by atoms with van der Waals surface area (Å²) < 4.78 is 0. The summed E-state index contributed by atoms with van der Waals surface area (Å²) in [6.07, 6.45) is 35.0. The van der Waals surface area contributed by atoms with Crippen LogP contribution >= 0.6 is 0 Å². The zero-order valence-electron chi connectivity index (χ0n) is 32.5. The molecule has 50 heavy (non-hydrogen) atoms. The van der Waals surface area contributed by atoms with E-state index in [0.29, 0.717) is 46.1 Å². The van der Waals surface area contributed by atoms with E-state index < -0.39 is 5.97 Å². The fourth-order valence-electron chi connectivity index (χ4n) is 12.0. The number of carbonyl (C=O) groups excluding carboxylic acids is 1. The Balaban J connectivity index is 0.000000536. The first-order chi connectivity index (χ1) is 23.6. The first-order valence-corrected chi connectivity index (χ1v) is 18.6. The van der Waals surface area contributed by atoms with Crippen LogP contribution < -0.4 is 0 Å². The summed E-state index contributed by atoms with van der Waals surface area (Å²) in [7, 11) is 1.61. The van der Waals surface area contributed by atoms with E-state index in [4.69, 9.17) is 5.11 Å². The number of fused-ring (bicyclic) bond motifs is 7. The molecule has 0 saturated heterocycles. The smallest absolute Gasteiger partial charge is 0.335 e. The number of hydrogen-bond donors (Lipinski definition) is 2. The monoisotopic (exact) mass is 686 g/mol. The van der Waals surface area contributed by atoms with Gasteiger partial charge in [-0.25, -0.2) is 4.79 Å². The molecule has 1 amide bonds. The Labute approximate surface area is 305 Å². The average molecular weight is 686 g/mol. The first-order valence-electron chi connectivity index (χ1n) is 18.6. The Morgan fingerprint density at radius 2 is 1.48 bits per heavy atom. The number of aliphatic hydroxyl groups excluding tert-OH is 1. The number of benzene rings is 1. The van der Waals surface area contributed by atoms with Crippen LogP contribution in [0.4, 0.5) is 0 Å². The summed E-state index contributed by atoms with van der Waals surface area (Å²) in [6, 6.07) is 7.64. The molecule has 5 aliphatic carbocycles. The van der Waals surface area contributed by atoms with Crippen LogP contribution in [-0.4, -0.2) is 47.7 Å². The number of aliphatic hydroxyl groups is 1. The van der Waals surface area contributed by atoms with Crippen molar-refractivity contribution >= 4 is 18.0 Å². The average Bonchev–Trinajstić information content (AvgIpc) is 3.49. The van der Waals surface area contributed by atoms with Crippen LogP contribution in [0, 0.1) is 76.4 Å². The number of hydrogen-bond acceptors (Lipinski definition) is 3. The highest BCUT2D eigenvalue weighted by molar-refractivity contribution is 5.88. The molecule has 276 valence electrons. The number of rotatable bonds is 5. The van der Waals surface area contributed by atoms with E-state index >= 15 is 0 Å². The summed E-state index contributed by atoms with van der Waals surface area (Å²) in [5.74, 6) is 2.51. The van der Waals surface area contributed by atoms with Gasteiger partial charge in [-0.2, -0.15) is 0 Å². The molecule has 5 nitrogen and oxygen atoms in total. The van der Waals surface area contributed by atoms with Crippen LogP contribution in [0.25, 0.3) is 5.57 Å². The van der Waals surface area contributed by atoms with E-state index in [0.717, 1.165) is 17.8 Å². The molecule has 5 heteroatoms. The van der Waals surface area contributed by atoms with E-state index in [-0.39, 0.29) is 12.0 Å². The van der Waals surface area contributed by atoms with Gasteiger partial charge in [-0.1, -0.05) is 72.2 Å². The van der Waals surface area contributed by atoms with Gasteiger partial charge in [0, 0.05) is 13.6 Å². The number of likely N-dealkylation sites (N-methyl/N-ethyl adjacent to an activating group) is 1. The maximum atomic E-state index is 11.4. The highest BCUT2D eigenvalue weighted by Gasteiger charge is 2.68. The maximum Gasteiger partial charge on any atom is 0.335 e. The van der Waals surface area contributed by atoms with Crippen LogP contribution in [0.1, 0.15) is 129 Å². The molecule has 1 aromatic carbocycles. The van der Waals surface area contributed by atoms with Crippen molar-refractivity contribution in [3.63, 3.8) is 0 Å². The first kappa shape index (κ1) is 42.9. The third-order valence-electron chi connectivity index (χ3n) is 14.4. The van der Waals surface area contributed by atoms with E-state index in [1.807, 2.05) is 19.1 Å². The Morgan fingerprint density at radius 3 is 2.00 bits per heavy atom. The standard InChI is InChI=1S/C34H48O2.C4H9NO2.C3H6.2C2H2/c1-30(2)24(22-9-11-23(12-10-22)29(35)36)15-18-32(4)27(30)16-19-34(6)28(32)14-13-26-25-8-7-17-31(25,3)20-21-33(26,34)5;1-5(4-7)2-3-6;1-3-2;2*1-2/h9-12,15,25-28H,7-8,13-14,16-21H2,1-6H3,(H,35,36);4,6H,2-3H2,1H3;3H,1H2,2H3;2*1-2H/t25?,26-,27?,28?,31-,32+,33-,34-;;;;/m1..../s1. The molecular weight excluding hydrogens is 618 g/mol. The molecule has 2 N–H and O–H groups in total. The fourth-order valence-corrected chi connectivity index (χ4v) is 12.0. The minimum Gasteiger partial charge on any atom is -0.478 e. The molecule has 6 rings (SSSR count). The lowest BCUT2D eigenvalue weighted by Crippen LogP contribution is -2.64. The number of terminal acetylenes is 2. The topological polar surface area (TPSA) is 77.8 Å². The van der Waals surface area contributed by atoms with Gasteiger partial charge in [-0.3, -0.25) is 4.79 Å². The highest BCUT2D eigenvalue weighted by atomic mass is 16.4. The Hall–Kier alpha value is -3.28. The minimum absolute atomic E-state index is 0.0369. The fraction of sp³-hybridized carbons (Fsp3) is 0.644. The van der Waals surface area contributed by atoms with Crippen molar-refractivity contribution in [1.82, 2.24) is 4.90 Å². The third kappa shape index (κ3) is 7.65. The van der Waals surface area contributed by atoms with Crippen LogP contribution in [0.15, 0.2) is 43.0 Å². The van der Waals surface area contributed by atoms with Gasteiger partial charge in [0.15, 0.2) is 0 Å². The van der Waals surface area contributed by atoms with Gasteiger partial charge in [-0.15, -0.1) is 32.3 Å². The molecule has 1 aromatic rings. The molecule has 0 aliphatic heterocycles. The highest BCUT2D eigenvalue weighted by Crippen LogP contribution is 2.77. The lowest BCUT2D eigenvalue weighted by atomic mass is 9.33. The van der Waals surface area contributed by atoms with Gasteiger partial charge in [0.25, 0.3) is 0 Å². The number of carbonyl (C=O) groups is 2. The largest absolute Gasteiger partial charge is 0.478 e. The maximum absolute atomic E-state index is 11.4. The molecule has 3 unspecified atom stereocenters. The Bertz CT molecular complexity index is 1370. The molecule has 0 bridgehead atoms. The van der Waals surface area contributed by atoms with E-state index in [9.17, 15) is 14.7 Å². The second-order valence-corrected chi connectivity index (χ2v) is 17.0. The summed E-state index contributed by atoms with van der Waals surface area (Å²) in [5.41, 5.74) is 5.00. The summed E-state index contributed by atoms with van der Waals surface area (Å²) in [5, 5.41) is 17.5. The Morgan fingerprint density at radius 1 is 0.880 bits per heavy atom. The molecule has 8 atom stereocenters. The number of carboxylic acids is 1. The summed E-state index contributed by atoms with van der Waals surface area (Å²) in [4.78, 5) is 22.5. The molecule has 4 fully saturated rings. The number of amides is 1. The summed E-state index contributed by atoms with van der Waals surface area (Å²) in [6.45, 7) is 21.4. The van der Waals surface area contributed by atoms with Crippen LogP contribution in [-0.2, 0) is 4.79 Å². The minimum atomic E-state index is -0.845. The molecule has 0 heterocycles. The van der Waals surface area contributed by atoms with Gasteiger partial charge >= 0.3 is 5.97 Å². The van der Waals surface area contributed by atoms with Gasteiger partial charge < -0.3 is 15.1 Å². The molecule has 5 aliphatic rings. The van der Waals surface area contributed by atoms with Gasteiger partial charge in [0.05, 0.1) is 12.2 Å². The van der Waals surface area contributed by atoms with Gasteiger partial charge in [-0.05, 0) is 139 Å². The molecular formula is C45H67NO4. The quantitative estimate of drug-likeness (QED) is 0.184. The number of carboxylic acid groups (broad SMARTS) is 1. The van der Waals surface area contributed by atoms with Crippen LogP contribution in [0.2, 0.25) is 0 Å². The van der Waals surface area contributed by atoms with Crippen molar-refractivity contribution in [2.45, 2.75) is 113 Å². The predicted molar refractivity (Wildman–Crippen MR) is 209 cm³/mol. The zero-order chi connectivity index (χ0) is 38.1. The van der Waals surface area contributed by atoms with Crippen molar-refractivity contribution < 1.29 is 19.8 Å². The predicted octanol–water partition coefficient (Wildman–Crippen LogP) is 10.0. The molecule has 0 aromatic heterocycles. The van der Waals surface area contributed by atoms with Crippen LogP contribution in [0.3, 0.4) is 0 Å². The summed E-state index contributed by atoms with van der Waals surface area (Å²) >= 11 is 0. The Kier molecular flexibility index (Phi) is 14.8. The number of nitrogens with zero attached hydrogens (tertiary/aromatic N) is 1. The van der Waals surface area contributed by atoms with Crippen molar-refractivity contribution in [3.8, 4) is 25.7 Å². The zero-order valence-corrected chi connectivity index (χ0v) is 32.5. The molecule has 4 saturated carbocycles. The van der Waals surface area contributed by atoms with E-state index in [1.165, 1.54) is 80.2 Å². The van der Waals surface area contributed by atoms with Crippen molar-refractivity contribution in [1.29, 1.82) is 0 Å². The van der Waals surface area contributed by atoms with Crippen molar-refractivity contribution in [2.24, 2.45) is 50.7 Å². The van der Waals surface area contributed by atoms with Crippen molar-refractivity contribution in [3.05, 3.63) is 54.1 Å². The lowest BCUT2D eigenvalue weighted by molar-refractivity contribution is -0.221. The molecule has 0 spiro atoms. The lowest BCUT2D eigenvalue weighted by Gasteiger charge is -2.72. The van der Waals surface area contributed by atoms with E-state index in [1.54, 1.807) is 25.3 Å². The normalized spacial score (nSPS) is 35.4. The van der Waals surface area contributed by atoms with E-state index in [2.05, 4.69) is 79.9 Å². The molecule has 0 radical (unpaired) electrons. The van der Waals surface area contributed by atoms with Crippen LogP contribution in [0.5, 0.6) is 0 Å². The van der Waals surface area contributed by atoms with Gasteiger partial charge in [0.2, 0.25) is 6.41 Å². The SMILES string of the molecule is C#C.C#C.C=CC.CC1(C)C(c2ccc(C(=O)O)cc2)=CC[C@@]2(C)C1CC[C@]1(C)C2CC[C@@H]2C3CCC[C@]3(C)CC[C@]21C.CN(C=O)CCO. The van der Waals surface area contributed by atoms with Gasteiger partial charge in [0.1, 0.15) is 0 Å². The van der Waals surface area contributed by atoms with Crippen molar-refractivity contribution in [2.75, 3.05) is 20.2 Å². The second-order valence-electron chi connectivity index (χ2n) is 17.0. The second kappa shape index (κ2) is 17.3.